The highest BCUT2D eigenvalue weighted by Gasteiger charge is 2.03. The average Bonchev–Trinajstić information content (AvgIpc) is 3.03. The Morgan fingerprint density at radius 3 is 2.71 bits per heavy atom. The molecule has 24 heavy (non-hydrogen) atoms. The van der Waals surface area contributed by atoms with E-state index in [2.05, 4.69) is 51.1 Å². The zero-order chi connectivity index (χ0) is 17.0. The number of nitrogens with zero attached hydrogens (tertiary/aromatic N) is 1. The Morgan fingerprint density at radius 2 is 1.92 bits per heavy atom. The van der Waals surface area contributed by atoms with Crippen molar-refractivity contribution >= 4 is 16.9 Å². The second-order valence-electron chi connectivity index (χ2n) is 5.79. The molecule has 0 atom stereocenters. The highest BCUT2D eigenvalue weighted by molar-refractivity contribution is 5.83. The van der Waals surface area contributed by atoms with E-state index in [-0.39, 0.29) is 0 Å². The van der Waals surface area contributed by atoms with Gasteiger partial charge in [-0.05, 0) is 44.2 Å². The molecule has 0 fully saturated rings. The van der Waals surface area contributed by atoms with Gasteiger partial charge in [-0.15, -0.1) is 0 Å². The molecule has 0 unspecified atom stereocenters. The molecule has 132 valence electrons. The number of para-hydroxylation sites is 1. The average molecular weight is 330 g/mol. The third-order valence-electron chi connectivity index (χ3n) is 4.03. The standard InChI is InChI=1S/C19H30N4O/c1-3-24-14-7-6-12-21-19(20-2)22-13-8-9-16-15-23-18-11-5-4-10-17(16)18/h4-5,10-11,15,23H,3,6-9,12-14H2,1-2H3,(H2,20,21,22). The van der Waals surface area contributed by atoms with Crippen LogP contribution in [0.4, 0.5) is 0 Å². The van der Waals surface area contributed by atoms with E-state index >= 15 is 0 Å². The highest BCUT2D eigenvalue weighted by Crippen LogP contribution is 2.18. The molecule has 0 radical (unpaired) electrons. The molecule has 0 aliphatic rings. The SMILES string of the molecule is CCOCCCCNC(=NC)NCCCc1c[nH]c2ccccc12. The van der Waals surface area contributed by atoms with Gasteiger partial charge in [-0.1, -0.05) is 18.2 Å². The number of unbranched alkanes of at least 4 members (excludes halogenated alkanes) is 1. The molecule has 0 aliphatic carbocycles. The molecule has 1 aromatic carbocycles. The van der Waals surface area contributed by atoms with E-state index in [0.717, 1.165) is 57.9 Å². The molecule has 1 heterocycles. The Morgan fingerprint density at radius 1 is 1.12 bits per heavy atom. The smallest absolute Gasteiger partial charge is 0.190 e. The van der Waals surface area contributed by atoms with Gasteiger partial charge in [0.25, 0.3) is 0 Å². The van der Waals surface area contributed by atoms with Crippen LogP contribution in [0.3, 0.4) is 0 Å². The Kier molecular flexibility index (Phi) is 8.18. The lowest BCUT2D eigenvalue weighted by Crippen LogP contribution is -2.38. The van der Waals surface area contributed by atoms with Gasteiger partial charge in [-0.25, -0.2) is 0 Å². The van der Waals surface area contributed by atoms with E-state index in [9.17, 15) is 0 Å². The summed E-state index contributed by atoms with van der Waals surface area (Å²) in [6.45, 7) is 5.51. The molecule has 0 spiro atoms. The number of aromatic nitrogens is 1. The summed E-state index contributed by atoms with van der Waals surface area (Å²) in [6.07, 6.45) is 6.43. The van der Waals surface area contributed by atoms with E-state index in [1.54, 1.807) is 0 Å². The minimum atomic E-state index is 0.799. The molecular weight excluding hydrogens is 300 g/mol. The fourth-order valence-corrected chi connectivity index (χ4v) is 2.72. The minimum Gasteiger partial charge on any atom is -0.382 e. The largest absolute Gasteiger partial charge is 0.382 e. The first-order valence-corrected chi connectivity index (χ1v) is 8.92. The molecule has 0 aliphatic heterocycles. The first-order chi connectivity index (χ1) is 11.8. The molecule has 5 heteroatoms. The van der Waals surface area contributed by atoms with Crippen LogP contribution >= 0.6 is 0 Å². The molecular formula is C19H30N4O. The lowest BCUT2D eigenvalue weighted by molar-refractivity contribution is 0.143. The number of aryl methyl sites for hydroxylation is 1. The highest BCUT2D eigenvalue weighted by atomic mass is 16.5. The summed E-state index contributed by atoms with van der Waals surface area (Å²) >= 11 is 0. The number of aromatic amines is 1. The number of benzene rings is 1. The number of aliphatic imine (C=N–C) groups is 1. The van der Waals surface area contributed by atoms with E-state index < -0.39 is 0 Å². The van der Waals surface area contributed by atoms with E-state index in [1.165, 1.54) is 16.5 Å². The quantitative estimate of drug-likeness (QED) is 0.356. The van der Waals surface area contributed by atoms with Gasteiger partial charge in [-0.3, -0.25) is 4.99 Å². The van der Waals surface area contributed by atoms with Crippen molar-refractivity contribution in [2.45, 2.75) is 32.6 Å². The number of guanidine groups is 1. The molecule has 0 bridgehead atoms. The van der Waals surface area contributed by atoms with E-state index in [1.807, 2.05) is 14.0 Å². The number of rotatable bonds is 10. The Balaban J connectivity index is 1.62. The minimum absolute atomic E-state index is 0.799. The summed E-state index contributed by atoms with van der Waals surface area (Å²) in [5.41, 5.74) is 2.59. The number of H-pyrrole nitrogens is 1. The monoisotopic (exact) mass is 330 g/mol. The van der Waals surface area contributed by atoms with Crippen LogP contribution in [0.1, 0.15) is 31.7 Å². The maximum Gasteiger partial charge on any atom is 0.190 e. The van der Waals surface area contributed by atoms with Gasteiger partial charge in [0.15, 0.2) is 5.96 Å². The van der Waals surface area contributed by atoms with Crippen molar-refractivity contribution in [1.29, 1.82) is 0 Å². The van der Waals surface area contributed by atoms with Crippen molar-refractivity contribution in [1.82, 2.24) is 15.6 Å². The number of hydrogen-bond acceptors (Lipinski definition) is 2. The first-order valence-electron chi connectivity index (χ1n) is 8.92. The summed E-state index contributed by atoms with van der Waals surface area (Å²) in [5.74, 6) is 0.880. The molecule has 0 saturated heterocycles. The summed E-state index contributed by atoms with van der Waals surface area (Å²) in [7, 11) is 1.81. The van der Waals surface area contributed by atoms with Gasteiger partial charge in [0, 0.05) is 50.5 Å². The van der Waals surface area contributed by atoms with Crippen LogP contribution in [0.25, 0.3) is 10.9 Å². The van der Waals surface area contributed by atoms with Crippen LogP contribution in [-0.4, -0.2) is 44.3 Å². The summed E-state index contributed by atoms with van der Waals surface area (Å²) < 4.78 is 5.34. The Bertz CT molecular complexity index is 621. The van der Waals surface area contributed by atoms with Gasteiger partial charge < -0.3 is 20.4 Å². The van der Waals surface area contributed by atoms with Crippen LogP contribution in [0.5, 0.6) is 0 Å². The van der Waals surface area contributed by atoms with Gasteiger partial charge in [0.2, 0.25) is 0 Å². The van der Waals surface area contributed by atoms with E-state index in [4.69, 9.17) is 4.74 Å². The first kappa shape index (κ1) is 18.3. The summed E-state index contributed by atoms with van der Waals surface area (Å²) in [5, 5.41) is 8.05. The third-order valence-corrected chi connectivity index (χ3v) is 4.03. The van der Waals surface area contributed by atoms with Crippen molar-refractivity contribution in [3.05, 3.63) is 36.0 Å². The van der Waals surface area contributed by atoms with Crippen molar-refractivity contribution < 1.29 is 4.74 Å². The molecule has 3 N–H and O–H groups in total. The number of nitrogens with one attached hydrogen (secondary N) is 3. The second-order valence-corrected chi connectivity index (χ2v) is 5.79. The van der Waals surface area contributed by atoms with Crippen molar-refractivity contribution in [2.24, 2.45) is 4.99 Å². The van der Waals surface area contributed by atoms with Crippen LogP contribution in [-0.2, 0) is 11.2 Å². The maximum absolute atomic E-state index is 5.34. The fraction of sp³-hybridized carbons (Fsp3) is 0.526. The van der Waals surface area contributed by atoms with Gasteiger partial charge in [0.1, 0.15) is 0 Å². The van der Waals surface area contributed by atoms with Crippen LogP contribution in [0, 0.1) is 0 Å². The van der Waals surface area contributed by atoms with Crippen molar-refractivity contribution in [2.75, 3.05) is 33.4 Å². The van der Waals surface area contributed by atoms with Crippen LogP contribution in [0.2, 0.25) is 0 Å². The topological polar surface area (TPSA) is 61.4 Å². The third kappa shape index (κ3) is 5.89. The molecule has 5 nitrogen and oxygen atoms in total. The van der Waals surface area contributed by atoms with Crippen LogP contribution in [0.15, 0.2) is 35.5 Å². The molecule has 2 aromatic rings. The Labute approximate surface area is 144 Å². The summed E-state index contributed by atoms with van der Waals surface area (Å²) in [4.78, 5) is 7.59. The normalized spacial score (nSPS) is 11.8. The van der Waals surface area contributed by atoms with Crippen LogP contribution < -0.4 is 10.6 Å². The molecule has 1 aromatic heterocycles. The maximum atomic E-state index is 5.34. The number of hydrogen-bond donors (Lipinski definition) is 3. The van der Waals surface area contributed by atoms with Gasteiger partial charge >= 0.3 is 0 Å². The van der Waals surface area contributed by atoms with E-state index in [0.29, 0.717) is 0 Å². The van der Waals surface area contributed by atoms with Gasteiger partial charge in [0.05, 0.1) is 0 Å². The van der Waals surface area contributed by atoms with Gasteiger partial charge in [-0.2, -0.15) is 0 Å². The lowest BCUT2D eigenvalue weighted by Gasteiger charge is -2.11. The predicted molar refractivity (Wildman–Crippen MR) is 102 cm³/mol. The summed E-state index contributed by atoms with van der Waals surface area (Å²) in [6, 6.07) is 8.45. The zero-order valence-corrected chi connectivity index (χ0v) is 14.9. The number of fused-ring (bicyclic) bond motifs is 1. The molecule has 0 saturated carbocycles. The second kappa shape index (κ2) is 10.7. The van der Waals surface area contributed by atoms with Crippen molar-refractivity contribution in [3.8, 4) is 0 Å². The number of ether oxygens (including phenoxy) is 1. The molecule has 2 rings (SSSR count). The fourth-order valence-electron chi connectivity index (χ4n) is 2.72. The Hall–Kier alpha value is -2.01. The zero-order valence-electron chi connectivity index (χ0n) is 14.9. The molecule has 0 amide bonds. The lowest BCUT2D eigenvalue weighted by atomic mass is 10.1. The predicted octanol–water partition coefficient (Wildman–Crippen LogP) is 3.08. The van der Waals surface area contributed by atoms with Crippen molar-refractivity contribution in [3.63, 3.8) is 0 Å².